The summed E-state index contributed by atoms with van der Waals surface area (Å²) in [5.74, 6) is -0.758. The minimum atomic E-state index is -0.758. The predicted octanol–water partition coefficient (Wildman–Crippen LogP) is 4.63. The van der Waals surface area contributed by atoms with Crippen LogP contribution in [-0.4, -0.2) is 5.79 Å². The highest BCUT2D eigenvalue weighted by Gasteiger charge is 2.31. The number of benzene rings is 1. The maximum absolute atomic E-state index is 6.12. The van der Waals surface area contributed by atoms with Crippen molar-refractivity contribution in [3.63, 3.8) is 0 Å². The maximum Gasteiger partial charge on any atom is 0.269 e. The third-order valence-corrected chi connectivity index (χ3v) is 3.54. The fraction of sp³-hybridized carbons (Fsp3) is 0.231. The van der Waals surface area contributed by atoms with Crippen molar-refractivity contribution < 1.29 is 9.47 Å². The summed E-state index contributed by atoms with van der Waals surface area (Å²) in [6, 6.07) is 5.50. The summed E-state index contributed by atoms with van der Waals surface area (Å²) in [5.41, 5.74) is 1.75. The summed E-state index contributed by atoms with van der Waals surface area (Å²) < 4.78 is 10.8. The Labute approximate surface area is 110 Å². The van der Waals surface area contributed by atoms with E-state index in [-0.39, 0.29) is 0 Å². The van der Waals surface area contributed by atoms with E-state index in [1.807, 2.05) is 32.1 Å². The third-order valence-electron chi connectivity index (χ3n) is 2.71. The average molecular weight is 271 g/mol. The lowest BCUT2D eigenvalue weighted by atomic mass is 10.1. The molecule has 0 radical (unpaired) electrons. The summed E-state index contributed by atoms with van der Waals surface area (Å²) in [6.07, 6.45) is 4.95. The summed E-state index contributed by atoms with van der Waals surface area (Å²) in [6.45, 7) is 3.77. The van der Waals surface area contributed by atoms with Gasteiger partial charge in [-0.15, -0.1) is 0 Å². The molecule has 90 valence electrons. The minimum Gasteiger partial charge on any atom is -0.453 e. The lowest BCUT2D eigenvalue weighted by Gasteiger charge is -2.24. The average Bonchev–Trinajstić information content (AvgIpc) is 2.73. The molecule has 4 heteroatoms. The Hall–Kier alpha value is -1.12. The van der Waals surface area contributed by atoms with E-state index in [0.29, 0.717) is 10.0 Å². The number of rotatable bonds is 2. The molecule has 0 aromatic heterocycles. The molecule has 1 aromatic carbocycles. The molecule has 0 N–H and O–H groups in total. The molecule has 0 atom stereocenters. The highest BCUT2D eigenvalue weighted by atomic mass is 35.5. The lowest BCUT2D eigenvalue weighted by molar-refractivity contribution is -0.0912. The van der Waals surface area contributed by atoms with Crippen molar-refractivity contribution in [1.29, 1.82) is 0 Å². The van der Waals surface area contributed by atoms with E-state index in [0.717, 1.165) is 11.1 Å². The molecule has 1 aliphatic heterocycles. The van der Waals surface area contributed by atoms with Gasteiger partial charge >= 0.3 is 0 Å². The molecular weight excluding hydrogens is 259 g/mol. The molecule has 0 saturated carbocycles. The molecule has 17 heavy (non-hydrogen) atoms. The number of ether oxygens (including phenoxy) is 2. The van der Waals surface area contributed by atoms with Gasteiger partial charge in [0, 0.05) is 12.5 Å². The predicted molar refractivity (Wildman–Crippen MR) is 69.8 cm³/mol. The topological polar surface area (TPSA) is 18.5 Å². The van der Waals surface area contributed by atoms with Crippen LogP contribution in [-0.2, 0) is 9.47 Å². The first kappa shape index (κ1) is 12.3. The van der Waals surface area contributed by atoms with Crippen LogP contribution in [0.25, 0.3) is 6.08 Å². The summed E-state index contributed by atoms with van der Waals surface area (Å²) in [5, 5.41) is 1.06. The molecule has 0 fully saturated rings. The fourth-order valence-corrected chi connectivity index (χ4v) is 1.89. The van der Waals surface area contributed by atoms with Crippen molar-refractivity contribution in [1.82, 2.24) is 0 Å². The van der Waals surface area contributed by atoms with E-state index in [4.69, 9.17) is 32.7 Å². The van der Waals surface area contributed by atoms with E-state index in [9.17, 15) is 0 Å². The zero-order chi connectivity index (χ0) is 12.5. The van der Waals surface area contributed by atoms with Crippen molar-refractivity contribution in [2.45, 2.75) is 19.6 Å². The van der Waals surface area contributed by atoms with Gasteiger partial charge < -0.3 is 9.47 Å². The van der Waals surface area contributed by atoms with Gasteiger partial charge in [-0.2, -0.15) is 0 Å². The molecule has 0 saturated heterocycles. The second-order valence-electron chi connectivity index (χ2n) is 3.92. The van der Waals surface area contributed by atoms with Gasteiger partial charge in [0.2, 0.25) is 0 Å². The van der Waals surface area contributed by atoms with Gasteiger partial charge in [0.15, 0.2) is 0 Å². The lowest BCUT2D eigenvalue weighted by Crippen LogP contribution is -2.26. The first-order chi connectivity index (χ1) is 8.03. The Kier molecular flexibility index (Phi) is 3.36. The van der Waals surface area contributed by atoms with Crippen molar-refractivity contribution in [2.24, 2.45) is 0 Å². The maximum atomic E-state index is 6.12. The second kappa shape index (κ2) is 4.63. The molecule has 1 heterocycles. The van der Waals surface area contributed by atoms with Gasteiger partial charge in [0.25, 0.3) is 5.79 Å². The van der Waals surface area contributed by atoms with Gasteiger partial charge in [-0.3, -0.25) is 0 Å². The highest BCUT2D eigenvalue weighted by molar-refractivity contribution is 6.42. The molecular formula is C13H12Cl2O2. The van der Waals surface area contributed by atoms with Gasteiger partial charge in [-0.1, -0.05) is 35.3 Å². The third kappa shape index (κ3) is 2.43. The molecule has 0 amide bonds. The smallest absolute Gasteiger partial charge is 0.269 e. The van der Waals surface area contributed by atoms with Crippen LogP contribution in [0.4, 0.5) is 0 Å². The molecule has 0 aliphatic carbocycles. The van der Waals surface area contributed by atoms with E-state index in [1.54, 1.807) is 6.07 Å². The first-order valence-corrected chi connectivity index (χ1v) is 5.92. The number of hydrogen-bond donors (Lipinski definition) is 0. The van der Waals surface area contributed by atoms with Crippen LogP contribution in [0.15, 0.2) is 36.3 Å². The van der Waals surface area contributed by atoms with Crippen LogP contribution < -0.4 is 0 Å². The van der Waals surface area contributed by atoms with Crippen molar-refractivity contribution in [2.75, 3.05) is 0 Å². The van der Waals surface area contributed by atoms with E-state index >= 15 is 0 Å². The highest BCUT2D eigenvalue weighted by Crippen LogP contribution is 2.32. The van der Waals surface area contributed by atoms with Crippen LogP contribution in [0.1, 0.15) is 19.4 Å². The van der Waals surface area contributed by atoms with Gasteiger partial charge in [0.1, 0.15) is 12.5 Å². The minimum absolute atomic E-state index is 0.531. The standard InChI is InChI=1S/C13H12Cl2O2/c1-9(13(2)16-6-7-17-13)8-10-4-3-5-11(14)12(10)15/h3-8H,1-2H3/b9-8+. The summed E-state index contributed by atoms with van der Waals surface area (Å²) in [4.78, 5) is 0. The Balaban J connectivity index is 2.33. The Morgan fingerprint density at radius 3 is 2.53 bits per heavy atom. The Morgan fingerprint density at radius 1 is 1.24 bits per heavy atom. The summed E-state index contributed by atoms with van der Waals surface area (Å²) >= 11 is 12.1. The van der Waals surface area contributed by atoms with Crippen LogP contribution in [0.2, 0.25) is 10.0 Å². The Bertz CT molecular complexity index is 484. The van der Waals surface area contributed by atoms with Gasteiger partial charge in [0.05, 0.1) is 10.0 Å². The number of hydrogen-bond acceptors (Lipinski definition) is 2. The zero-order valence-electron chi connectivity index (χ0n) is 9.54. The quantitative estimate of drug-likeness (QED) is 0.780. The fourth-order valence-electron chi connectivity index (χ4n) is 1.53. The van der Waals surface area contributed by atoms with E-state index < -0.39 is 5.79 Å². The van der Waals surface area contributed by atoms with Crippen LogP contribution in [0, 0.1) is 0 Å². The zero-order valence-corrected chi connectivity index (χ0v) is 11.0. The molecule has 1 aliphatic rings. The van der Waals surface area contributed by atoms with Crippen molar-refractivity contribution in [3.05, 3.63) is 51.9 Å². The van der Waals surface area contributed by atoms with E-state index in [1.165, 1.54) is 12.5 Å². The number of halogens is 2. The van der Waals surface area contributed by atoms with Gasteiger partial charge in [-0.25, -0.2) is 0 Å². The molecule has 1 aromatic rings. The van der Waals surface area contributed by atoms with Crippen LogP contribution in [0.5, 0.6) is 0 Å². The monoisotopic (exact) mass is 270 g/mol. The van der Waals surface area contributed by atoms with E-state index in [2.05, 4.69) is 0 Å². The Morgan fingerprint density at radius 2 is 1.88 bits per heavy atom. The van der Waals surface area contributed by atoms with Crippen molar-refractivity contribution >= 4 is 29.3 Å². The molecule has 0 bridgehead atoms. The second-order valence-corrected chi connectivity index (χ2v) is 4.71. The molecule has 0 spiro atoms. The summed E-state index contributed by atoms with van der Waals surface area (Å²) in [7, 11) is 0. The molecule has 0 unspecified atom stereocenters. The molecule has 2 nitrogen and oxygen atoms in total. The normalized spacial score (nSPS) is 17.8. The largest absolute Gasteiger partial charge is 0.453 e. The first-order valence-electron chi connectivity index (χ1n) is 5.16. The van der Waals surface area contributed by atoms with Crippen LogP contribution >= 0.6 is 23.2 Å². The van der Waals surface area contributed by atoms with Crippen molar-refractivity contribution in [3.8, 4) is 0 Å². The molecule has 2 rings (SSSR count). The van der Waals surface area contributed by atoms with Gasteiger partial charge in [-0.05, 0) is 24.6 Å². The van der Waals surface area contributed by atoms with Crippen LogP contribution in [0.3, 0.4) is 0 Å². The SMILES string of the molecule is C/C(=C\c1cccc(Cl)c1Cl)C1(C)OC=CO1.